The second kappa shape index (κ2) is 13.5. The summed E-state index contributed by atoms with van der Waals surface area (Å²) in [5, 5.41) is 20.4. The molecule has 1 aromatic heterocycles. The van der Waals surface area contributed by atoms with Gasteiger partial charge in [-0.05, 0) is 18.4 Å². The second-order valence-electron chi connectivity index (χ2n) is 6.60. The molecular formula is C20H31IN4O3. The van der Waals surface area contributed by atoms with Crippen LogP contribution in [0.5, 0.6) is 0 Å². The molecule has 0 radical (unpaired) electrons. The molecule has 0 aliphatic carbocycles. The van der Waals surface area contributed by atoms with E-state index in [1.165, 1.54) is 0 Å². The van der Waals surface area contributed by atoms with E-state index in [4.69, 9.17) is 9.26 Å². The lowest BCUT2D eigenvalue weighted by Crippen LogP contribution is -2.42. The monoisotopic (exact) mass is 502 g/mol. The Morgan fingerprint density at radius 2 is 2.00 bits per heavy atom. The molecule has 0 saturated heterocycles. The highest BCUT2D eigenvalue weighted by atomic mass is 127. The molecule has 2 rings (SSSR count). The molecule has 0 amide bonds. The minimum atomic E-state index is -0.629. The number of benzene rings is 1. The van der Waals surface area contributed by atoms with Crippen LogP contribution in [0.2, 0.25) is 0 Å². The number of hydrogen-bond acceptors (Lipinski definition) is 5. The van der Waals surface area contributed by atoms with E-state index in [1.807, 2.05) is 43.3 Å². The summed E-state index contributed by atoms with van der Waals surface area (Å²) in [6.45, 7) is 8.30. The molecule has 3 N–H and O–H groups in total. The molecule has 1 atom stereocenters. The maximum absolute atomic E-state index is 10.1. The minimum absolute atomic E-state index is 0. The summed E-state index contributed by atoms with van der Waals surface area (Å²) < 4.78 is 10.8. The van der Waals surface area contributed by atoms with Crippen LogP contribution in [0.4, 0.5) is 0 Å². The van der Waals surface area contributed by atoms with E-state index in [2.05, 4.69) is 34.6 Å². The molecule has 28 heavy (non-hydrogen) atoms. The van der Waals surface area contributed by atoms with Crippen LogP contribution in [0, 0.1) is 0 Å². The van der Waals surface area contributed by atoms with Gasteiger partial charge in [0.2, 0.25) is 0 Å². The van der Waals surface area contributed by atoms with E-state index in [0.29, 0.717) is 37.3 Å². The van der Waals surface area contributed by atoms with Crippen molar-refractivity contribution < 1.29 is 14.4 Å². The average molecular weight is 502 g/mol. The molecule has 8 heteroatoms. The summed E-state index contributed by atoms with van der Waals surface area (Å²) in [6, 6.07) is 11.8. The van der Waals surface area contributed by atoms with Crippen molar-refractivity contribution in [1.29, 1.82) is 0 Å². The van der Waals surface area contributed by atoms with Crippen LogP contribution in [0.25, 0.3) is 0 Å². The van der Waals surface area contributed by atoms with E-state index >= 15 is 0 Å². The lowest BCUT2D eigenvalue weighted by Gasteiger charge is -2.15. The number of guanidine groups is 1. The zero-order chi connectivity index (χ0) is 19.5. The van der Waals surface area contributed by atoms with Gasteiger partial charge >= 0.3 is 0 Å². The van der Waals surface area contributed by atoms with Gasteiger partial charge in [-0.25, -0.2) is 4.99 Å². The normalized spacial score (nSPS) is 12.5. The summed E-state index contributed by atoms with van der Waals surface area (Å²) >= 11 is 0. The van der Waals surface area contributed by atoms with Crippen molar-refractivity contribution in [3.8, 4) is 0 Å². The molecule has 7 nitrogen and oxygen atoms in total. The van der Waals surface area contributed by atoms with Crippen molar-refractivity contribution in [1.82, 2.24) is 15.8 Å². The topological polar surface area (TPSA) is 91.9 Å². The van der Waals surface area contributed by atoms with Crippen LogP contribution in [-0.4, -0.2) is 42.0 Å². The maximum Gasteiger partial charge on any atom is 0.191 e. The highest BCUT2D eigenvalue weighted by molar-refractivity contribution is 14.0. The predicted molar refractivity (Wildman–Crippen MR) is 121 cm³/mol. The molecular weight excluding hydrogens is 471 g/mol. The van der Waals surface area contributed by atoms with Gasteiger partial charge in [-0.2, -0.15) is 0 Å². The lowest BCUT2D eigenvalue weighted by atomic mass is 10.1. The summed E-state index contributed by atoms with van der Waals surface area (Å²) in [6.07, 6.45) is -0.629. The van der Waals surface area contributed by atoms with Crippen LogP contribution >= 0.6 is 24.0 Å². The Morgan fingerprint density at radius 1 is 1.25 bits per heavy atom. The molecule has 0 saturated carbocycles. The number of aliphatic imine (C=N–C) groups is 1. The molecule has 1 aromatic carbocycles. The Hall–Kier alpha value is -1.65. The highest BCUT2D eigenvalue weighted by Crippen LogP contribution is 2.14. The number of hydrogen-bond donors (Lipinski definition) is 3. The second-order valence-corrected chi connectivity index (χ2v) is 6.60. The van der Waals surface area contributed by atoms with Gasteiger partial charge in [0.25, 0.3) is 0 Å². The third-order valence-corrected chi connectivity index (χ3v) is 3.83. The number of ether oxygens (including phenoxy) is 1. The quantitative estimate of drug-likeness (QED) is 0.263. The van der Waals surface area contributed by atoms with Gasteiger partial charge in [-0.3, -0.25) is 0 Å². The van der Waals surface area contributed by atoms with E-state index in [-0.39, 0.29) is 30.6 Å². The fourth-order valence-electron chi connectivity index (χ4n) is 2.33. The Labute approximate surface area is 184 Å². The zero-order valence-electron chi connectivity index (χ0n) is 16.7. The van der Waals surface area contributed by atoms with Gasteiger partial charge in [0, 0.05) is 19.2 Å². The Bertz CT molecular complexity index is 692. The SMILES string of the molecule is CCNC(=NCc1cc(C(C)C)no1)NCC(O)COCc1ccccc1.I. The summed E-state index contributed by atoms with van der Waals surface area (Å²) in [5.74, 6) is 1.65. The number of aromatic nitrogens is 1. The molecule has 0 bridgehead atoms. The standard InChI is InChI=1S/C20H30N4O3.HI/c1-4-21-20(23-12-18-10-19(15(2)3)24-27-18)22-11-17(25)14-26-13-16-8-6-5-7-9-16;/h5-10,15,17,25H,4,11-14H2,1-3H3,(H2,21,22,23);1H. The molecule has 2 aromatic rings. The molecule has 0 aliphatic heterocycles. The van der Waals surface area contributed by atoms with Crippen molar-refractivity contribution >= 4 is 29.9 Å². The molecule has 1 heterocycles. The molecule has 0 aliphatic rings. The summed E-state index contributed by atoms with van der Waals surface area (Å²) in [4.78, 5) is 4.46. The lowest BCUT2D eigenvalue weighted by molar-refractivity contribution is 0.0308. The van der Waals surface area contributed by atoms with E-state index in [9.17, 15) is 5.11 Å². The summed E-state index contributed by atoms with van der Waals surface area (Å²) in [7, 11) is 0. The maximum atomic E-state index is 10.1. The number of rotatable bonds is 10. The minimum Gasteiger partial charge on any atom is -0.389 e. The van der Waals surface area contributed by atoms with Crippen molar-refractivity contribution in [2.45, 2.75) is 45.9 Å². The molecule has 0 fully saturated rings. The first-order valence-electron chi connectivity index (χ1n) is 9.35. The van der Waals surface area contributed by atoms with Crippen molar-refractivity contribution in [2.75, 3.05) is 19.7 Å². The number of aliphatic hydroxyl groups is 1. The van der Waals surface area contributed by atoms with Crippen LogP contribution in [0.1, 0.15) is 43.7 Å². The largest absolute Gasteiger partial charge is 0.389 e. The van der Waals surface area contributed by atoms with Crippen LogP contribution < -0.4 is 10.6 Å². The van der Waals surface area contributed by atoms with Crippen molar-refractivity contribution in [3.63, 3.8) is 0 Å². The smallest absolute Gasteiger partial charge is 0.191 e. The van der Waals surface area contributed by atoms with Gasteiger partial charge < -0.3 is 25.0 Å². The fourth-order valence-corrected chi connectivity index (χ4v) is 2.33. The van der Waals surface area contributed by atoms with E-state index in [0.717, 1.165) is 17.8 Å². The van der Waals surface area contributed by atoms with E-state index < -0.39 is 6.10 Å². The van der Waals surface area contributed by atoms with Gasteiger partial charge in [0.05, 0.1) is 25.0 Å². The first kappa shape index (κ1) is 24.4. The highest BCUT2D eigenvalue weighted by Gasteiger charge is 2.09. The van der Waals surface area contributed by atoms with Crippen molar-refractivity contribution in [2.24, 2.45) is 4.99 Å². The van der Waals surface area contributed by atoms with E-state index in [1.54, 1.807) is 0 Å². The number of nitrogens with zero attached hydrogens (tertiary/aromatic N) is 2. The fraction of sp³-hybridized carbons (Fsp3) is 0.500. The molecule has 0 spiro atoms. The third-order valence-electron chi connectivity index (χ3n) is 3.83. The first-order chi connectivity index (χ1) is 13.1. The number of aliphatic hydroxyl groups excluding tert-OH is 1. The Morgan fingerprint density at radius 3 is 2.64 bits per heavy atom. The van der Waals surface area contributed by atoms with Crippen LogP contribution in [-0.2, 0) is 17.9 Å². The Balaban J connectivity index is 0.00000392. The number of halogens is 1. The van der Waals surface area contributed by atoms with Gasteiger partial charge in [-0.1, -0.05) is 49.3 Å². The van der Waals surface area contributed by atoms with Crippen molar-refractivity contribution in [3.05, 3.63) is 53.4 Å². The number of nitrogens with one attached hydrogen (secondary N) is 2. The molecule has 156 valence electrons. The molecule has 1 unspecified atom stereocenters. The van der Waals surface area contributed by atoms with Gasteiger partial charge in [-0.15, -0.1) is 24.0 Å². The van der Waals surface area contributed by atoms with Crippen LogP contribution in [0.15, 0.2) is 45.9 Å². The predicted octanol–water partition coefficient (Wildman–Crippen LogP) is 3.05. The summed E-state index contributed by atoms with van der Waals surface area (Å²) in [5.41, 5.74) is 2.00. The van der Waals surface area contributed by atoms with Gasteiger partial charge in [0.15, 0.2) is 11.7 Å². The Kier molecular flexibility index (Phi) is 11.8. The van der Waals surface area contributed by atoms with Gasteiger partial charge in [0.1, 0.15) is 6.54 Å². The first-order valence-corrected chi connectivity index (χ1v) is 9.35. The van der Waals surface area contributed by atoms with Crippen LogP contribution in [0.3, 0.4) is 0 Å². The average Bonchev–Trinajstić information content (AvgIpc) is 3.14. The third kappa shape index (κ3) is 9.03. The zero-order valence-corrected chi connectivity index (χ0v) is 19.1.